The molecule has 0 N–H and O–H groups in total. The number of carbonyl (C=O) groups is 1. The molecule has 0 bridgehead atoms. The number of hydrogen-bond acceptors (Lipinski definition) is 3. The summed E-state index contributed by atoms with van der Waals surface area (Å²) >= 11 is 0. The first-order valence-corrected chi connectivity index (χ1v) is 3.32. The Bertz CT molecular complexity index is 284. The van der Waals surface area contributed by atoms with Crippen LogP contribution < -0.4 is 0 Å². The molecule has 11 heavy (non-hydrogen) atoms. The monoisotopic (exact) mass is 150 g/mol. The molecule has 2 aliphatic rings. The van der Waals surface area contributed by atoms with Gasteiger partial charge in [-0.15, -0.1) is 0 Å². The Morgan fingerprint density at radius 1 is 1.36 bits per heavy atom. The molecule has 1 heterocycles. The highest BCUT2D eigenvalue weighted by Crippen LogP contribution is 2.21. The average Bonchev–Trinajstić information content (AvgIpc) is 2.06. The van der Waals surface area contributed by atoms with Crippen molar-refractivity contribution in [3.05, 3.63) is 35.8 Å². The minimum atomic E-state index is 0.0713. The van der Waals surface area contributed by atoms with Crippen molar-refractivity contribution in [3.8, 4) is 0 Å². The first kappa shape index (κ1) is 6.22. The molecule has 0 aromatic heterocycles. The number of allylic oxidation sites excluding steroid dienone is 4. The zero-order valence-corrected chi connectivity index (χ0v) is 5.74. The number of ketones is 1. The Morgan fingerprint density at radius 3 is 3.09 bits per heavy atom. The Morgan fingerprint density at radius 2 is 2.27 bits per heavy atom. The summed E-state index contributed by atoms with van der Waals surface area (Å²) in [5.74, 6) is 0.575. The Balaban J connectivity index is 2.43. The molecule has 0 saturated heterocycles. The lowest BCUT2D eigenvalue weighted by molar-refractivity contribution is -0.211. The Kier molecular flexibility index (Phi) is 1.28. The molecule has 56 valence electrons. The van der Waals surface area contributed by atoms with Gasteiger partial charge in [0.2, 0.25) is 0 Å². The predicted molar refractivity (Wildman–Crippen MR) is 37.1 cm³/mol. The maximum absolute atomic E-state index is 11.1. The summed E-state index contributed by atoms with van der Waals surface area (Å²) in [6.45, 7) is 0. The standard InChI is InChI=1S/C8H6O3/c9-7-2-1-3-8-6(7)4-5-10-11-8/h1,3-5H,2H2. The van der Waals surface area contributed by atoms with Crippen molar-refractivity contribution in [1.82, 2.24) is 0 Å². The van der Waals surface area contributed by atoms with Gasteiger partial charge in [0, 0.05) is 6.42 Å². The lowest BCUT2D eigenvalue weighted by Gasteiger charge is -2.13. The molecule has 0 atom stereocenters. The second kappa shape index (κ2) is 2.27. The minimum Gasteiger partial charge on any atom is -0.298 e. The molecule has 0 unspecified atom stereocenters. The van der Waals surface area contributed by atoms with Crippen LogP contribution in [-0.2, 0) is 14.6 Å². The molecule has 0 aromatic carbocycles. The molecule has 0 amide bonds. The van der Waals surface area contributed by atoms with Gasteiger partial charge < -0.3 is 0 Å². The van der Waals surface area contributed by atoms with Crippen molar-refractivity contribution in [2.45, 2.75) is 6.42 Å². The first-order chi connectivity index (χ1) is 5.38. The van der Waals surface area contributed by atoms with Crippen LogP contribution in [0.4, 0.5) is 0 Å². The van der Waals surface area contributed by atoms with Crippen LogP contribution in [0.15, 0.2) is 35.8 Å². The van der Waals surface area contributed by atoms with E-state index in [1.165, 1.54) is 6.26 Å². The van der Waals surface area contributed by atoms with E-state index < -0.39 is 0 Å². The van der Waals surface area contributed by atoms with Crippen molar-refractivity contribution >= 4 is 5.78 Å². The van der Waals surface area contributed by atoms with E-state index in [9.17, 15) is 4.79 Å². The van der Waals surface area contributed by atoms with E-state index in [2.05, 4.69) is 4.89 Å². The quantitative estimate of drug-likeness (QED) is 0.487. The van der Waals surface area contributed by atoms with Gasteiger partial charge in [-0.1, -0.05) is 6.08 Å². The van der Waals surface area contributed by atoms with Gasteiger partial charge in [-0.25, -0.2) is 0 Å². The third-order valence-electron chi connectivity index (χ3n) is 1.57. The maximum atomic E-state index is 11.1. The van der Waals surface area contributed by atoms with Crippen molar-refractivity contribution in [3.63, 3.8) is 0 Å². The van der Waals surface area contributed by atoms with Crippen molar-refractivity contribution in [2.24, 2.45) is 0 Å². The van der Waals surface area contributed by atoms with Crippen LogP contribution in [0.25, 0.3) is 0 Å². The summed E-state index contributed by atoms with van der Waals surface area (Å²) < 4.78 is 0. The van der Waals surface area contributed by atoms with Crippen LogP contribution in [0.1, 0.15) is 6.42 Å². The molecule has 3 heteroatoms. The molecule has 1 aliphatic carbocycles. The lowest BCUT2D eigenvalue weighted by Crippen LogP contribution is -2.10. The minimum absolute atomic E-state index is 0.0713. The first-order valence-electron chi connectivity index (χ1n) is 3.32. The highest BCUT2D eigenvalue weighted by Gasteiger charge is 2.18. The normalized spacial score (nSPS) is 20.9. The molecule has 0 radical (unpaired) electrons. The van der Waals surface area contributed by atoms with Crippen LogP contribution in [0.5, 0.6) is 0 Å². The van der Waals surface area contributed by atoms with Crippen molar-refractivity contribution < 1.29 is 14.6 Å². The third-order valence-corrected chi connectivity index (χ3v) is 1.57. The van der Waals surface area contributed by atoms with Gasteiger partial charge in [-0.05, 0) is 12.2 Å². The molecule has 1 aliphatic heterocycles. The van der Waals surface area contributed by atoms with Gasteiger partial charge in [-0.2, -0.15) is 0 Å². The number of rotatable bonds is 0. The van der Waals surface area contributed by atoms with Gasteiger partial charge in [0.15, 0.2) is 11.5 Å². The molecule has 0 fully saturated rings. The van der Waals surface area contributed by atoms with E-state index >= 15 is 0 Å². The molecule has 3 nitrogen and oxygen atoms in total. The maximum Gasteiger partial charge on any atom is 0.189 e. The average molecular weight is 150 g/mol. The van der Waals surface area contributed by atoms with E-state index in [0.717, 1.165) is 0 Å². The Labute approximate surface area is 63.5 Å². The predicted octanol–water partition coefficient (Wildman–Crippen LogP) is 1.24. The van der Waals surface area contributed by atoms with E-state index in [1.54, 1.807) is 18.2 Å². The molecular formula is C8H6O3. The SMILES string of the molecule is O=C1CC=CC2=C1C=COO2. The second-order valence-electron chi connectivity index (χ2n) is 2.29. The fourth-order valence-electron chi connectivity index (χ4n) is 1.03. The summed E-state index contributed by atoms with van der Waals surface area (Å²) in [5, 5.41) is 0. The third kappa shape index (κ3) is 0.941. The van der Waals surface area contributed by atoms with Crippen LogP contribution in [0, 0.1) is 0 Å². The van der Waals surface area contributed by atoms with Gasteiger partial charge in [0.25, 0.3) is 0 Å². The van der Waals surface area contributed by atoms with E-state index in [4.69, 9.17) is 4.89 Å². The van der Waals surface area contributed by atoms with Gasteiger partial charge in [0.05, 0.1) is 5.57 Å². The molecule has 0 aromatic rings. The summed E-state index contributed by atoms with van der Waals surface area (Å²) in [7, 11) is 0. The lowest BCUT2D eigenvalue weighted by atomic mass is 10.0. The van der Waals surface area contributed by atoms with Gasteiger partial charge >= 0.3 is 0 Å². The van der Waals surface area contributed by atoms with Crippen LogP contribution in [0.2, 0.25) is 0 Å². The van der Waals surface area contributed by atoms with Crippen molar-refractivity contribution in [1.29, 1.82) is 0 Å². The highest BCUT2D eigenvalue weighted by molar-refractivity contribution is 6.00. The molecular weight excluding hydrogens is 144 g/mol. The molecule has 2 rings (SSSR count). The largest absolute Gasteiger partial charge is 0.298 e. The van der Waals surface area contributed by atoms with Crippen LogP contribution in [-0.4, -0.2) is 5.78 Å². The van der Waals surface area contributed by atoms with E-state index in [-0.39, 0.29) is 5.78 Å². The zero-order valence-electron chi connectivity index (χ0n) is 5.74. The van der Waals surface area contributed by atoms with E-state index in [1.807, 2.05) is 0 Å². The summed E-state index contributed by atoms with van der Waals surface area (Å²) in [6, 6.07) is 0. The van der Waals surface area contributed by atoms with Gasteiger partial charge in [-0.3, -0.25) is 14.6 Å². The number of Topliss-reactive ketones (excluding diaryl/α,β-unsaturated/α-hetero) is 1. The fourth-order valence-corrected chi connectivity index (χ4v) is 1.03. The molecule has 0 saturated carbocycles. The smallest absolute Gasteiger partial charge is 0.189 e. The van der Waals surface area contributed by atoms with Crippen molar-refractivity contribution in [2.75, 3.05) is 0 Å². The van der Waals surface area contributed by atoms with E-state index in [0.29, 0.717) is 17.8 Å². The summed E-state index contributed by atoms with van der Waals surface area (Å²) in [6.07, 6.45) is 6.91. The zero-order chi connectivity index (χ0) is 7.68. The van der Waals surface area contributed by atoms with Crippen LogP contribution >= 0.6 is 0 Å². The second-order valence-corrected chi connectivity index (χ2v) is 2.29. The van der Waals surface area contributed by atoms with Crippen LogP contribution in [0.3, 0.4) is 0 Å². The van der Waals surface area contributed by atoms with Gasteiger partial charge in [0.1, 0.15) is 6.26 Å². The summed E-state index contributed by atoms with van der Waals surface area (Å²) in [4.78, 5) is 20.4. The Hall–Kier alpha value is -1.51. The summed E-state index contributed by atoms with van der Waals surface area (Å²) in [5.41, 5.74) is 0.596. The topological polar surface area (TPSA) is 35.5 Å². The molecule has 0 spiro atoms. The highest BCUT2D eigenvalue weighted by atomic mass is 17.2. The number of carbonyl (C=O) groups excluding carboxylic acids is 1. The number of hydrogen-bond donors (Lipinski definition) is 0. The fraction of sp³-hybridized carbons (Fsp3) is 0.125.